The van der Waals surface area contributed by atoms with Crippen LogP contribution in [0.25, 0.3) is 0 Å². The molecule has 1 rings (SSSR count). The van der Waals surface area contributed by atoms with E-state index < -0.39 is 0 Å². The van der Waals surface area contributed by atoms with E-state index in [-0.39, 0.29) is 11.9 Å². The Morgan fingerprint density at radius 3 is 2.57 bits per heavy atom. The summed E-state index contributed by atoms with van der Waals surface area (Å²) in [5, 5.41) is 0. The van der Waals surface area contributed by atoms with Gasteiger partial charge in [0.15, 0.2) is 0 Å². The van der Waals surface area contributed by atoms with Gasteiger partial charge < -0.3 is 5.73 Å². The fraction of sp³-hybridized carbons (Fsp3) is 0.455. The predicted molar refractivity (Wildman–Crippen MR) is 60.5 cm³/mol. The molecule has 0 aliphatic heterocycles. The van der Waals surface area contributed by atoms with Crippen LogP contribution in [-0.4, -0.2) is 0 Å². The van der Waals surface area contributed by atoms with Crippen LogP contribution in [0.2, 0.25) is 0 Å². The lowest BCUT2D eigenvalue weighted by molar-refractivity contribution is 0.489. The maximum atomic E-state index is 13.4. The quantitative estimate of drug-likeness (QED) is 0.882. The third-order valence-corrected chi connectivity index (χ3v) is 2.58. The molecular weight excluding hydrogens is 245 g/mol. The minimum absolute atomic E-state index is 0.205. The summed E-state index contributed by atoms with van der Waals surface area (Å²) in [5.74, 6) is 0.251. The van der Waals surface area contributed by atoms with Crippen molar-refractivity contribution < 1.29 is 4.39 Å². The van der Waals surface area contributed by atoms with E-state index in [0.717, 1.165) is 10.9 Å². The van der Waals surface area contributed by atoms with E-state index in [1.807, 2.05) is 6.07 Å². The molecule has 1 unspecified atom stereocenters. The Labute approximate surface area is 92.6 Å². The molecular formula is C11H15BrFN. The van der Waals surface area contributed by atoms with E-state index in [1.165, 1.54) is 6.07 Å². The highest BCUT2D eigenvalue weighted by Crippen LogP contribution is 2.23. The van der Waals surface area contributed by atoms with Crippen molar-refractivity contribution in [1.29, 1.82) is 0 Å². The Morgan fingerprint density at radius 1 is 1.43 bits per heavy atom. The Bertz CT molecular complexity index is 312. The number of halogens is 2. The van der Waals surface area contributed by atoms with Crippen LogP contribution in [0.4, 0.5) is 4.39 Å². The van der Waals surface area contributed by atoms with Gasteiger partial charge >= 0.3 is 0 Å². The van der Waals surface area contributed by atoms with Crippen molar-refractivity contribution in [2.75, 3.05) is 0 Å². The largest absolute Gasteiger partial charge is 0.324 e. The summed E-state index contributed by atoms with van der Waals surface area (Å²) >= 11 is 3.22. The van der Waals surface area contributed by atoms with Gasteiger partial charge in [0, 0.05) is 16.1 Å². The van der Waals surface area contributed by atoms with Gasteiger partial charge in [-0.1, -0.05) is 35.8 Å². The highest BCUT2D eigenvalue weighted by Gasteiger charge is 2.12. The first-order valence-corrected chi connectivity index (χ1v) is 5.50. The van der Waals surface area contributed by atoms with Gasteiger partial charge in [-0.2, -0.15) is 0 Å². The Kier molecular flexibility index (Phi) is 4.08. The first-order chi connectivity index (χ1) is 6.50. The summed E-state index contributed by atoms with van der Waals surface area (Å²) in [7, 11) is 0. The zero-order valence-electron chi connectivity index (χ0n) is 8.43. The van der Waals surface area contributed by atoms with E-state index >= 15 is 0 Å². The molecule has 0 bridgehead atoms. The van der Waals surface area contributed by atoms with E-state index in [2.05, 4.69) is 29.8 Å². The summed E-state index contributed by atoms with van der Waals surface area (Å²) in [6.45, 7) is 4.16. The molecule has 78 valence electrons. The molecule has 0 fully saturated rings. The number of hydrogen-bond donors (Lipinski definition) is 1. The number of nitrogens with two attached hydrogens (primary N) is 1. The normalized spacial score (nSPS) is 13.3. The Hall–Kier alpha value is -0.410. The Balaban J connectivity index is 2.84. The molecule has 0 heterocycles. The maximum Gasteiger partial charge on any atom is 0.129 e. The van der Waals surface area contributed by atoms with Gasteiger partial charge in [0.2, 0.25) is 0 Å². The minimum atomic E-state index is -0.229. The van der Waals surface area contributed by atoms with Gasteiger partial charge in [-0.05, 0) is 24.5 Å². The van der Waals surface area contributed by atoms with Gasteiger partial charge in [-0.25, -0.2) is 4.39 Å². The van der Waals surface area contributed by atoms with Crippen LogP contribution in [0.15, 0.2) is 22.7 Å². The molecule has 0 aliphatic rings. The molecule has 14 heavy (non-hydrogen) atoms. The van der Waals surface area contributed by atoms with Crippen LogP contribution < -0.4 is 5.73 Å². The molecule has 1 atom stereocenters. The topological polar surface area (TPSA) is 26.0 Å². The lowest BCUT2D eigenvalue weighted by Gasteiger charge is -2.15. The molecule has 0 saturated heterocycles. The molecule has 1 nitrogen and oxygen atoms in total. The number of benzene rings is 1. The summed E-state index contributed by atoms with van der Waals surface area (Å²) in [6.07, 6.45) is 0.804. The zero-order chi connectivity index (χ0) is 10.7. The van der Waals surface area contributed by atoms with Crippen LogP contribution in [0.5, 0.6) is 0 Å². The van der Waals surface area contributed by atoms with Crippen molar-refractivity contribution in [2.45, 2.75) is 26.3 Å². The molecule has 2 N–H and O–H groups in total. The van der Waals surface area contributed by atoms with Gasteiger partial charge in [0.25, 0.3) is 0 Å². The van der Waals surface area contributed by atoms with Crippen molar-refractivity contribution in [3.05, 3.63) is 34.1 Å². The van der Waals surface area contributed by atoms with E-state index in [4.69, 9.17) is 5.73 Å². The van der Waals surface area contributed by atoms with Gasteiger partial charge in [0.05, 0.1) is 0 Å². The monoisotopic (exact) mass is 259 g/mol. The van der Waals surface area contributed by atoms with Crippen LogP contribution in [-0.2, 0) is 0 Å². The third-order valence-electron chi connectivity index (χ3n) is 2.09. The second-order valence-corrected chi connectivity index (χ2v) is 4.82. The van der Waals surface area contributed by atoms with Crippen molar-refractivity contribution >= 4 is 15.9 Å². The van der Waals surface area contributed by atoms with E-state index in [0.29, 0.717) is 11.5 Å². The number of rotatable bonds is 3. The van der Waals surface area contributed by atoms with Gasteiger partial charge in [-0.3, -0.25) is 0 Å². The molecule has 0 spiro atoms. The smallest absolute Gasteiger partial charge is 0.129 e. The highest BCUT2D eigenvalue weighted by atomic mass is 79.9. The molecule has 0 aliphatic carbocycles. The first kappa shape index (κ1) is 11.7. The van der Waals surface area contributed by atoms with E-state index in [9.17, 15) is 4.39 Å². The minimum Gasteiger partial charge on any atom is -0.324 e. The highest BCUT2D eigenvalue weighted by molar-refractivity contribution is 9.10. The van der Waals surface area contributed by atoms with Crippen LogP contribution in [0.3, 0.4) is 0 Å². The second kappa shape index (κ2) is 4.89. The average Bonchev–Trinajstić information content (AvgIpc) is 2.01. The fourth-order valence-corrected chi connectivity index (χ4v) is 1.77. The van der Waals surface area contributed by atoms with Gasteiger partial charge in [-0.15, -0.1) is 0 Å². The number of hydrogen-bond acceptors (Lipinski definition) is 1. The van der Waals surface area contributed by atoms with Crippen molar-refractivity contribution in [3.8, 4) is 0 Å². The maximum absolute atomic E-state index is 13.4. The SMILES string of the molecule is CC(C)CC(N)c1ccc(Br)cc1F. The second-order valence-electron chi connectivity index (χ2n) is 3.90. The van der Waals surface area contributed by atoms with Crippen molar-refractivity contribution in [3.63, 3.8) is 0 Å². The van der Waals surface area contributed by atoms with Crippen molar-refractivity contribution in [1.82, 2.24) is 0 Å². The third kappa shape index (κ3) is 3.07. The van der Waals surface area contributed by atoms with Gasteiger partial charge in [0.1, 0.15) is 5.82 Å². The fourth-order valence-electron chi connectivity index (χ4n) is 1.44. The molecule has 0 aromatic heterocycles. The lowest BCUT2D eigenvalue weighted by atomic mass is 9.97. The summed E-state index contributed by atoms with van der Waals surface area (Å²) in [4.78, 5) is 0. The average molecular weight is 260 g/mol. The summed E-state index contributed by atoms with van der Waals surface area (Å²) < 4.78 is 14.2. The van der Waals surface area contributed by atoms with Crippen LogP contribution >= 0.6 is 15.9 Å². The predicted octanol–water partition coefficient (Wildman–Crippen LogP) is 3.63. The zero-order valence-corrected chi connectivity index (χ0v) is 10.0. The molecule has 1 aromatic rings. The molecule has 0 amide bonds. The first-order valence-electron chi connectivity index (χ1n) is 4.71. The summed E-state index contributed by atoms with van der Waals surface area (Å²) in [5.41, 5.74) is 6.49. The van der Waals surface area contributed by atoms with Crippen LogP contribution in [0.1, 0.15) is 31.9 Å². The standard InChI is InChI=1S/C11H15BrFN/c1-7(2)5-11(14)9-4-3-8(12)6-10(9)13/h3-4,6-7,11H,5,14H2,1-2H3. The van der Waals surface area contributed by atoms with Crippen LogP contribution in [0, 0.1) is 11.7 Å². The lowest BCUT2D eigenvalue weighted by Crippen LogP contribution is -2.14. The Morgan fingerprint density at radius 2 is 2.07 bits per heavy atom. The van der Waals surface area contributed by atoms with E-state index in [1.54, 1.807) is 6.07 Å². The molecule has 0 saturated carbocycles. The molecule has 0 radical (unpaired) electrons. The molecule has 1 aromatic carbocycles. The molecule has 3 heteroatoms. The van der Waals surface area contributed by atoms with Crippen molar-refractivity contribution in [2.24, 2.45) is 11.7 Å². The summed E-state index contributed by atoms with van der Waals surface area (Å²) in [6, 6.07) is 4.81.